The van der Waals surface area contributed by atoms with E-state index in [-0.39, 0.29) is 5.69 Å². The number of carboxylic acids is 1. The van der Waals surface area contributed by atoms with Crippen molar-refractivity contribution in [2.75, 3.05) is 0 Å². The maximum Gasteiger partial charge on any atom is 0.358 e. The predicted molar refractivity (Wildman–Crippen MR) is 22.3 cm³/mol. The van der Waals surface area contributed by atoms with Gasteiger partial charge in [0.1, 0.15) is 0 Å². The molecule has 1 rings (SSSR count). The Hall–Kier alpha value is -1.32. The van der Waals surface area contributed by atoms with Crippen molar-refractivity contribution in [2.45, 2.75) is 0 Å². The molecular formula is C4H2NO3. The lowest BCUT2D eigenvalue weighted by Gasteiger charge is -1.74. The number of hydrogen-bond donors (Lipinski definition) is 1. The number of carboxylic acid groups (broad SMARTS) is 1. The first kappa shape index (κ1) is 4.83. The Morgan fingerprint density at radius 2 is 2.75 bits per heavy atom. The summed E-state index contributed by atoms with van der Waals surface area (Å²) in [5, 5.41) is 8.12. The van der Waals surface area contributed by atoms with Gasteiger partial charge in [-0.2, -0.15) is 0 Å². The predicted octanol–water partition coefficient (Wildman–Crippen LogP) is 0.173. The Morgan fingerprint density at radius 1 is 2.00 bits per heavy atom. The fourth-order valence-corrected chi connectivity index (χ4v) is 0.286. The van der Waals surface area contributed by atoms with E-state index in [1.54, 1.807) is 0 Å². The second kappa shape index (κ2) is 1.65. The lowest BCUT2D eigenvalue weighted by atomic mass is 10.5. The van der Waals surface area contributed by atoms with Crippen LogP contribution in [0.15, 0.2) is 10.8 Å². The summed E-state index contributed by atoms with van der Waals surface area (Å²) < 4.78 is 4.26. The molecule has 1 aromatic heterocycles. The molecule has 1 heterocycles. The molecule has 8 heavy (non-hydrogen) atoms. The van der Waals surface area contributed by atoms with Crippen LogP contribution >= 0.6 is 0 Å². The first-order valence-electron chi connectivity index (χ1n) is 1.85. The van der Waals surface area contributed by atoms with Crippen molar-refractivity contribution in [1.29, 1.82) is 0 Å². The number of rotatable bonds is 1. The van der Waals surface area contributed by atoms with Crippen molar-refractivity contribution < 1.29 is 14.3 Å². The Labute approximate surface area is 44.8 Å². The van der Waals surface area contributed by atoms with Crippen LogP contribution in [0.2, 0.25) is 0 Å². The quantitative estimate of drug-likeness (QED) is 0.562. The van der Waals surface area contributed by atoms with E-state index in [1.165, 1.54) is 0 Å². The van der Waals surface area contributed by atoms with E-state index in [0.717, 1.165) is 6.39 Å². The first-order valence-corrected chi connectivity index (χ1v) is 1.85. The molecular weight excluding hydrogens is 110 g/mol. The second-order valence-corrected chi connectivity index (χ2v) is 1.11. The topological polar surface area (TPSA) is 63.3 Å². The summed E-state index contributed by atoms with van der Waals surface area (Å²) in [5.41, 5.74) is -0.190. The number of aromatic nitrogens is 1. The van der Waals surface area contributed by atoms with Gasteiger partial charge in [-0.3, -0.25) is 0 Å². The Morgan fingerprint density at radius 3 is 3.00 bits per heavy atom. The Kier molecular flexibility index (Phi) is 0.997. The van der Waals surface area contributed by atoms with Crippen molar-refractivity contribution in [3.05, 3.63) is 18.4 Å². The van der Waals surface area contributed by atoms with Crippen LogP contribution in [-0.4, -0.2) is 16.1 Å². The summed E-state index contributed by atoms with van der Waals surface area (Å²) in [6.07, 6.45) is 3.07. The van der Waals surface area contributed by atoms with Gasteiger partial charge in [-0.25, -0.2) is 9.78 Å². The average Bonchev–Trinajstić information content (AvgIpc) is 2.12. The summed E-state index contributed by atoms with van der Waals surface area (Å²) in [6.45, 7) is 0. The fraction of sp³-hybridized carbons (Fsp3) is 0. The van der Waals surface area contributed by atoms with Gasteiger partial charge in [-0.15, -0.1) is 0 Å². The van der Waals surface area contributed by atoms with Gasteiger partial charge in [0, 0.05) is 0 Å². The van der Waals surface area contributed by atoms with E-state index in [1.807, 2.05) is 0 Å². The van der Waals surface area contributed by atoms with Crippen LogP contribution in [0.3, 0.4) is 0 Å². The first-order chi connectivity index (χ1) is 3.80. The zero-order valence-electron chi connectivity index (χ0n) is 3.79. The highest BCUT2D eigenvalue weighted by molar-refractivity contribution is 5.84. The number of nitrogens with zero attached hydrogens (tertiary/aromatic N) is 1. The van der Waals surface area contributed by atoms with Crippen molar-refractivity contribution in [3.63, 3.8) is 0 Å². The molecule has 0 aromatic carbocycles. The minimum Gasteiger partial charge on any atom is -0.476 e. The van der Waals surface area contributed by atoms with Crippen LogP contribution in [0, 0.1) is 6.26 Å². The van der Waals surface area contributed by atoms with E-state index < -0.39 is 5.97 Å². The molecule has 0 fully saturated rings. The molecule has 0 aliphatic heterocycles. The van der Waals surface area contributed by atoms with Crippen molar-refractivity contribution in [3.8, 4) is 0 Å². The van der Waals surface area contributed by atoms with Crippen LogP contribution in [0.1, 0.15) is 10.5 Å². The summed E-state index contributed by atoms with van der Waals surface area (Å²) in [5.74, 6) is -1.13. The molecule has 0 spiro atoms. The lowest BCUT2D eigenvalue weighted by molar-refractivity contribution is 0.0690. The molecule has 0 unspecified atom stereocenters. The van der Waals surface area contributed by atoms with Gasteiger partial charge in [-0.05, 0) is 0 Å². The van der Waals surface area contributed by atoms with Gasteiger partial charge in [0.15, 0.2) is 12.1 Å². The highest BCUT2D eigenvalue weighted by Crippen LogP contribution is 1.90. The summed E-state index contributed by atoms with van der Waals surface area (Å²) >= 11 is 0. The van der Waals surface area contributed by atoms with Gasteiger partial charge < -0.3 is 9.52 Å². The normalized spacial score (nSPS) is 9.00. The number of oxazole rings is 1. The standard InChI is InChI=1S/C4H2NO3/c6-4(7)3-1-8-2-5-3/h2H,(H,6,7). The fourth-order valence-electron chi connectivity index (χ4n) is 0.286. The molecule has 0 atom stereocenters. The van der Waals surface area contributed by atoms with E-state index >= 15 is 0 Å². The van der Waals surface area contributed by atoms with Crippen molar-refractivity contribution in [1.82, 2.24) is 4.98 Å². The molecule has 0 aliphatic rings. The molecule has 1 aromatic rings. The second-order valence-electron chi connectivity index (χ2n) is 1.11. The lowest BCUT2D eigenvalue weighted by Crippen LogP contribution is -1.94. The minimum atomic E-state index is -1.13. The molecule has 0 saturated carbocycles. The maximum atomic E-state index is 9.91. The van der Waals surface area contributed by atoms with Crippen LogP contribution in [0.25, 0.3) is 0 Å². The van der Waals surface area contributed by atoms with Crippen LogP contribution in [-0.2, 0) is 0 Å². The summed E-state index contributed by atoms with van der Waals surface area (Å²) in [7, 11) is 0. The van der Waals surface area contributed by atoms with E-state index in [9.17, 15) is 4.79 Å². The van der Waals surface area contributed by atoms with Crippen LogP contribution in [0.5, 0.6) is 0 Å². The van der Waals surface area contributed by atoms with Crippen LogP contribution in [0.4, 0.5) is 0 Å². The summed E-state index contributed by atoms with van der Waals surface area (Å²) in [6, 6.07) is 0. The third kappa shape index (κ3) is 0.676. The minimum absolute atomic E-state index is 0.190. The summed E-state index contributed by atoms with van der Waals surface area (Å²) in [4.78, 5) is 13.2. The van der Waals surface area contributed by atoms with Crippen molar-refractivity contribution in [2.24, 2.45) is 0 Å². The average molecular weight is 112 g/mol. The van der Waals surface area contributed by atoms with E-state index in [4.69, 9.17) is 5.11 Å². The molecule has 1 N–H and O–H groups in total. The largest absolute Gasteiger partial charge is 0.476 e. The Bertz CT molecular complexity index is 179. The van der Waals surface area contributed by atoms with Gasteiger partial charge in [0.2, 0.25) is 6.26 Å². The van der Waals surface area contributed by atoms with Gasteiger partial charge in [0.25, 0.3) is 0 Å². The van der Waals surface area contributed by atoms with E-state index in [0.29, 0.717) is 0 Å². The highest BCUT2D eigenvalue weighted by atomic mass is 16.4. The molecule has 41 valence electrons. The number of hydrogen-bond acceptors (Lipinski definition) is 3. The maximum absolute atomic E-state index is 9.91. The molecule has 0 saturated heterocycles. The molecule has 0 amide bonds. The zero-order chi connectivity index (χ0) is 5.98. The molecule has 4 nitrogen and oxygen atoms in total. The van der Waals surface area contributed by atoms with Crippen molar-refractivity contribution >= 4 is 5.97 Å². The SMILES string of the molecule is O=C(O)c1[c]ocn1. The molecule has 0 aliphatic carbocycles. The third-order valence-corrected chi connectivity index (χ3v) is 0.593. The van der Waals surface area contributed by atoms with Gasteiger partial charge in [-0.1, -0.05) is 0 Å². The van der Waals surface area contributed by atoms with Gasteiger partial charge >= 0.3 is 5.97 Å². The molecule has 1 radical (unpaired) electrons. The van der Waals surface area contributed by atoms with E-state index in [2.05, 4.69) is 15.7 Å². The number of aromatic carboxylic acids is 1. The third-order valence-electron chi connectivity index (χ3n) is 0.593. The monoisotopic (exact) mass is 112 g/mol. The molecule has 4 heteroatoms. The highest BCUT2D eigenvalue weighted by Gasteiger charge is 2.03. The number of carbonyl (C=O) groups is 1. The molecule has 0 bridgehead atoms. The Balaban J connectivity index is 2.93. The van der Waals surface area contributed by atoms with Crippen LogP contribution < -0.4 is 0 Å². The van der Waals surface area contributed by atoms with Gasteiger partial charge in [0.05, 0.1) is 0 Å². The zero-order valence-corrected chi connectivity index (χ0v) is 3.79. The smallest absolute Gasteiger partial charge is 0.358 e.